The summed E-state index contributed by atoms with van der Waals surface area (Å²) in [7, 11) is 0. The molecule has 2 fully saturated rings. The zero-order valence-corrected chi connectivity index (χ0v) is 17.5. The molecule has 0 saturated heterocycles. The van der Waals surface area contributed by atoms with Crippen LogP contribution in [0.3, 0.4) is 0 Å². The Labute approximate surface area is 184 Å². The number of fused-ring (bicyclic) bond motifs is 1. The van der Waals surface area contributed by atoms with Gasteiger partial charge in [0.1, 0.15) is 0 Å². The molecular formula is C25H23N5O2. The summed E-state index contributed by atoms with van der Waals surface area (Å²) >= 11 is 0. The highest BCUT2D eigenvalue weighted by Gasteiger charge is 2.54. The lowest BCUT2D eigenvalue weighted by Crippen LogP contribution is -2.55. The van der Waals surface area contributed by atoms with E-state index >= 15 is 0 Å². The molecular weight excluding hydrogens is 402 g/mol. The first-order valence-electron chi connectivity index (χ1n) is 11.0. The predicted molar refractivity (Wildman–Crippen MR) is 121 cm³/mol. The van der Waals surface area contributed by atoms with Gasteiger partial charge in [-0.3, -0.25) is 9.59 Å². The number of benzene rings is 2. The monoisotopic (exact) mass is 425 g/mol. The number of nitrogens with zero attached hydrogens (tertiary/aromatic N) is 3. The summed E-state index contributed by atoms with van der Waals surface area (Å²) < 4.78 is 1.89. The van der Waals surface area contributed by atoms with Gasteiger partial charge in [-0.05, 0) is 55.4 Å². The first-order valence-corrected chi connectivity index (χ1v) is 11.0. The maximum atomic E-state index is 12.8. The zero-order valence-electron chi connectivity index (χ0n) is 17.5. The number of hydrogen-bond acceptors (Lipinski definition) is 4. The van der Waals surface area contributed by atoms with E-state index in [1.807, 2.05) is 59.3 Å². The van der Waals surface area contributed by atoms with Crippen LogP contribution in [0.2, 0.25) is 0 Å². The van der Waals surface area contributed by atoms with Crippen molar-refractivity contribution in [3.8, 4) is 5.69 Å². The van der Waals surface area contributed by atoms with Crippen molar-refractivity contribution in [3.05, 3.63) is 88.9 Å². The van der Waals surface area contributed by atoms with Crippen molar-refractivity contribution in [2.75, 3.05) is 0 Å². The third-order valence-electron chi connectivity index (χ3n) is 7.08. The van der Waals surface area contributed by atoms with Crippen molar-refractivity contribution >= 4 is 16.7 Å². The molecule has 6 rings (SSSR count). The standard InChI is InChI=1S/C25H23N5O2/c31-23(16-4-3-5-19(10-16)30-9-8-26-15-30)27-18-13-25(14-18)11-17(12-25)22-20-6-1-2-7-21(20)24(32)29-28-22/h1-10,15,17-18H,11-14H2,(H,27,31)(H,29,32)/t17-,18-,25?. The largest absolute Gasteiger partial charge is 0.349 e. The van der Waals surface area contributed by atoms with E-state index < -0.39 is 0 Å². The molecule has 160 valence electrons. The molecule has 4 aromatic rings. The third-order valence-corrected chi connectivity index (χ3v) is 7.08. The number of aromatic nitrogens is 4. The van der Waals surface area contributed by atoms with Crippen molar-refractivity contribution in [3.63, 3.8) is 0 Å². The molecule has 0 atom stereocenters. The molecule has 0 aliphatic heterocycles. The maximum absolute atomic E-state index is 12.8. The Morgan fingerprint density at radius 2 is 1.88 bits per heavy atom. The van der Waals surface area contributed by atoms with Gasteiger partial charge in [0.25, 0.3) is 11.5 Å². The second-order valence-electron chi connectivity index (χ2n) is 9.19. The van der Waals surface area contributed by atoms with Crippen LogP contribution in [-0.2, 0) is 0 Å². The number of nitrogens with one attached hydrogen (secondary N) is 2. The fourth-order valence-electron chi connectivity index (χ4n) is 5.54. The smallest absolute Gasteiger partial charge is 0.272 e. The van der Waals surface area contributed by atoms with Crippen LogP contribution in [0, 0.1) is 5.41 Å². The fraction of sp³-hybridized carbons (Fsp3) is 0.280. The van der Waals surface area contributed by atoms with Crippen LogP contribution in [0.5, 0.6) is 0 Å². The van der Waals surface area contributed by atoms with Crippen LogP contribution in [-0.4, -0.2) is 31.7 Å². The highest BCUT2D eigenvalue weighted by molar-refractivity contribution is 5.95. The van der Waals surface area contributed by atoms with E-state index in [-0.39, 0.29) is 17.5 Å². The molecule has 2 aliphatic rings. The molecule has 2 aliphatic carbocycles. The number of H-pyrrole nitrogens is 1. The molecule has 2 heterocycles. The topological polar surface area (TPSA) is 92.7 Å². The molecule has 2 aromatic heterocycles. The number of imidazole rings is 1. The number of hydrogen-bond donors (Lipinski definition) is 2. The Kier molecular flexibility index (Phi) is 4.24. The van der Waals surface area contributed by atoms with Crippen molar-refractivity contribution in [2.45, 2.75) is 37.6 Å². The van der Waals surface area contributed by atoms with Crippen LogP contribution < -0.4 is 10.9 Å². The van der Waals surface area contributed by atoms with Gasteiger partial charge < -0.3 is 9.88 Å². The average Bonchev–Trinajstić information content (AvgIpc) is 3.30. The van der Waals surface area contributed by atoms with E-state index in [2.05, 4.69) is 20.5 Å². The molecule has 2 N–H and O–H groups in total. The first-order chi connectivity index (χ1) is 15.6. The van der Waals surface area contributed by atoms with E-state index in [1.165, 1.54) is 0 Å². The minimum atomic E-state index is -0.137. The first kappa shape index (κ1) is 19.0. The Balaban J connectivity index is 1.09. The Morgan fingerprint density at radius 1 is 1.06 bits per heavy atom. The molecule has 2 aromatic carbocycles. The maximum Gasteiger partial charge on any atom is 0.272 e. The number of carbonyl (C=O) groups is 1. The minimum absolute atomic E-state index is 0.0315. The van der Waals surface area contributed by atoms with E-state index in [9.17, 15) is 9.59 Å². The summed E-state index contributed by atoms with van der Waals surface area (Å²) in [6.45, 7) is 0. The minimum Gasteiger partial charge on any atom is -0.349 e. The van der Waals surface area contributed by atoms with Crippen molar-refractivity contribution in [1.29, 1.82) is 0 Å². The van der Waals surface area contributed by atoms with Crippen molar-refractivity contribution in [2.24, 2.45) is 5.41 Å². The molecule has 32 heavy (non-hydrogen) atoms. The molecule has 7 nitrogen and oxygen atoms in total. The van der Waals surface area contributed by atoms with Gasteiger partial charge in [-0.2, -0.15) is 5.10 Å². The van der Waals surface area contributed by atoms with E-state index in [0.717, 1.165) is 42.5 Å². The summed E-state index contributed by atoms with van der Waals surface area (Å²) in [4.78, 5) is 28.9. The fourth-order valence-corrected chi connectivity index (χ4v) is 5.54. The van der Waals surface area contributed by atoms with Crippen LogP contribution in [0.15, 0.2) is 72.0 Å². The Bertz CT molecular complexity index is 1360. The lowest BCUT2D eigenvalue weighted by atomic mass is 9.49. The van der Waals surface area contributed by atoms with Crippen LogP contribution in [0.4, 0.5) is 0 Å². The molecule has 1 spiro atoms. The summed E-state index contributed by atoms with van der Waals surface area (Å²) in [6.07, 6.45) is 9.41. The molecule has 0 bridgehead atoms. The van der Waals surface area contributed by atoms with Crippen molar-refractivity contribution < 1.29 is 4.79 Å². The Morgan fingerprint density at radius 3 is 2.66 bits per heavy atom. The van der Waals surface area contributed by atoms with Gasteiger partial charge >= 0.3 is 0 Å². The normalized spacial score (nSPS) is 24.1. The highest BCUT2D eigenvalue weighted by atomic mass is 16.1. The van der Waals surface area contributed by atoms with Gasteiger partial charge in [0.15, 0.2) is 0 Å². The summed E-state index contributed by atoms with van der Waals surface area (Å²) in [6, 6.07) is 15.5. The SMILES string of the molecule is O=C(N[C@H]1CC2(C1)C[C@H](c1n[nH]c(=O)c3ccccc31)C2)c1cccc(-n2ccnc2)c1. The summed E-state index contributed by atoms with van der Waals surface area (Å²) in [5, 5.41) is 11.9. The lowest BCUT2D eigenvalue weighted by Gasteiger charge is -2.57. The quantitative estimate of drug-likeness (QED) is 0.523. The second kappa shape index (κ2) is 7.15. The lowest BCUT2D eigenvalue weighted by molar-refractivity contribution is -0.0196. The second-order valence-corrected chi connectivity index (χ2v) is 9.19. The molecule has 2 saturated carbocycles. The van der Waals surface area contributed by atoms with E-state index in [4.69, 9.17) is 0 Å². The van der Waals surface area contributed by atoms with Gasteiger partial charge in [-0.25, -0.2) is 10.1 Å². The van der Waals surface area contributed by atoms with Crippen molar-refractivity contribution in [1.82, 2.24) is 25.1 Å². The molecule has 7 heteroatoms. The van der Waals surface area contributed by atoms with Gasteiger partial charge in [0.05, 0.1) is 17.4 Å². The predicted octanol–water partition coefficient (Wildman–Crippen LogP) is 3.57. The van der Waals surface area contributed by atoms with Crippen LogP contribution in [0.1, 0.15) is 47.7 Å². The van der Waals surface area contributed by atoms with Gasteiger partial charge in [0.2, 0.25) is 0 Å². The van der Waals surface area contributed by atoms with E-state index in [1.54, 1.807) is 12.5 Å². The summed E-state index contributed by atoms with van der Waals surface area (Å²) in [5.74, 6) is 0.330. The third kappa shape index (κ3) is 3.12. The molecule has 0 unspecified atom stereocenters. The number of amides is 1. The zero-order chi connectivity index (χ0) is 21.7. The Hall–Kier alpha value is -3.74. The molecule has 1 amide bonds. The van der Waals surface area contributed by atoms with Crippen LogP contribution >= 0.6 is 0 Å². The van der Waals surface area contributed by atoms with Crippen LogP contribution in [0.25, 0.3) is 16.5 Å². The van der Waals surface area contributed by atoms with Gasteiger partial charge in [-0.1, -0.05) is 24.3 Å². The number of aromatic amines is 1. The molecule has 0 radical (unpaired) electrons. The number of rotatable bonds is 4. The summed E-state index contributed by atoms with van der Waals surface area (Å²) in [5.41, 5.74) is 2.73. The highest BCUT2D eigenvalue weighted by Crippen LogP contribution is 2.62. The number of carbonyl (C=O) groups excluding carboxylic acids is 1. The average molecular weight is 425 g/mol. The van der Waals surface area contributed by atoms with Gasteiger partial charge in [0, 0.05) is 41.0 Å². The van der Waals surface area contributed by atoms with E-state index in [0.29, 0.717) is 22.3 Å². The van der Waals surface area contributed by atoms with Gasteiger partial charge in [-0.15, -0.1) is 0 Å².